The van der Waals surface area contributed by atoms with Crippen LogP contribution in [0.15, 0.2) is 36.4 Å². The van der Waals surface area contributed by atoms with Crippen molar-refractivity contribution in [1.82, 2.24) is 4.98 Å². The Morgan fingerprint density at radius 2 is 2.10 bits per heavy atom. The van der Waals surface area contributed by atoms with Crippen LogP contribution in [0.3, 0.4) is 0 Å². The highest BCUT2D eigenvalue weighted by molar-refractivity contribution is 7.80. The molecule has 3 nitrogen and oxygen atoms in total. The molecule has 0 saturated carbocycles. The number of nitrogens with two attached hydrogens (primary N) is 1. The molecule has 0 atom stereocenters. The van der Waals surface area contributed by atoms with Crippen LogP contribution in [0.5, 0.6) is 0 Å². The van der Waals surface area contributed by atoms with Crippen molar-refractivity contribution in [3.63, 3.8) is 0 Å². The van der Waals surface area contributed by atoms with E-state index in [1.165, 1.54) is 23.0 Å². The average Bonchev–Trinajstić information content (AvgIpc) is 2.82. The molecule has 1 heterocycles. The summed E-state index contributed by atoms with van der Waals surface area (Å²) in [5.41, 5.74) is 8.41. The van der Waals surface area contributed by atoms with E-state index >= 15 is 0 Å². The zero-order valence-electron chi connectivity index (χ0n) is 11.2. The maximum atomic E-state index is 14.0. The zero-order valence-corrected chi connectivity index (χ0v) is 12.8. The monoisotopic (exact) mass is 317 g/mol. The summed E-state index contributed by atoms with van der Waals surface area (Å²) in [6.45, 7) is 2.03. The van der Waals surface area contributed by atoms with Gasteiger partial charge >= 0.3 is 0 Å². The number of rotatable bonds is 3. The van der Waals surface area contributed by atoms with E-state index in [0.29, 0.717) is 16.4 Å². The smallest absolute Gasteiger partial charge is 0.188 e. The summed E-state index contributed by atoms with van der Waals surface area (Å²) in [5, 5.41) is 3.65. The lowest BCUT2D eigenvalue weighted by Crippen LogP contribution is -2.09. The SMILES string of the molecule is Cc1ccc2nc(Nc3ccc(C(N)=S)cc3F)sc2c1. The molecular formula is C15H12FN3S2. The standard InChI is InChI=1S/C15H12FN3S2/c1-8-2-4-12-13(6-8)21-15(19-12)18-11-5-3-9(14(17)20)7-10(11)16/h2-7H,1H3,(H2,17,20)(H,18,19). The van der Waals surface area contributed by atoms with Gasteiger partial charge < -0.3 is 11.1 Å². The van der Waals surface area contributed by atoms with E-state index in [-0.39, 0.29) is 4.99 Å². The number of nitrogens with zero attached hydrogens (tertiary/aromatic N) is 1. The summed E-state index contributed by atoms with van der Waals surface area (Å²) in [7, 11) is 0. The molecule has 2 aromatic carbocycles. The molecule has 0 saturated heterocycles. The first-order valence-corrected chi connectivity index (χ1v) is 7.49. The highest BCUT2D eigenvalue weighted by Crippen LogP contribution is 2.30. The molecule has 6 heteroatoms. The van der Waals surface area contributed by atoms with Crippen LogP contribution in [0.1, 0.15) is 11.1 Å². The van der Waals surface area contributed by atoms with Crippen LogP contribution in [-0.4, -0.2) is 9.97 Å². The highest BCUT2D eigenvalue weighted by atomic mass is 32.1. The minimum Gasteiger partial charge on any atom is -0.389 e. The molecule has 21 heavy (non-hydrogen) atoms. The first kappa shape index (κ1) is 13.9. The third-order valence-electron chi connectivity index (χ3n) is 3.04. The number of aryl methyl sites for hydroxylation is 1. The fourth-order valence-corrected chi connectivity index (χ4v) is 3.07. The Morgan fingerprint density at radius 3 is 2.81 bits per heavy atom. The number of fused-ring (bicyclic) bond motifs is 1. The molecule has 106 valence electrons. The number of hydrogen-bond donors (Lipinski definition) is 2. The fourth-order valence-electron chi connectivity index (χ4n) is 1.97. The van der Waals surface area contributed by atoms with E-state index in [0.717, 1.165) is 10.2 Å². The first-order valence-electron chi connectivity index (χ1n) is 6.26. The van der Waals surface area contributed by atoms with Crippen LogP contribution in [-0.2, 0) is 0 Å². The average molecular weight is 317 g/mol. The molecule has 0 unspecified atom stereocenters. The van der Waals surface area contributed by atoms with E-state index in [4.69, 9.17) is 18.0 Å². The molecule has 0 spiro atoms. The van der Waals surface area contributed by atoms with Crippen molar-refractivity contribution >= 4 is 49.6 Å². The van der Waals surface area contributed by atoms with Crippen LogP contribution in [0.2, 0.25) is 0 Å². The fraction of sp³-hybridized carbons (Fsp3) is 0.0667. The second-order valence-corrected chi connectivity index (χ2v) is 6.14. The van der Waals surface area contributed by atoms with E-state index in [1.807, 2.05) is 19.1 Å². The predicted molar refractivity (Wildman–Crippen MR) is 89.9 cm³/mol. The Labute approximate surface area is 130 Å². The molecule has 3 aromatic rings. The van der Waals surface area contributed by atoms with Crippen LogP contribution < -0.4 is 11.1 Å². The molecule has 0 amide bonds. The molecule has 0 aliphatic heterocycles. The number of aromatic nitrogens is 1. The van der Waals surface area contributed by atoms with Gasteiger partial charge in [0.1, 0.15) is 10.8 Å². The van der Waals surface area contributed by atoms with E-state index in [2.05, 4.69) is 16.4 Å². The van der Waals surface area contributed by atoms with Gasteiger partial charge in [-0.25, -0.2) is 9.37 Å². The maximum Gasteiger partial charge on any atom is 0.188 e. The van der Waals surface area contributed by atoms with Crippen LogP contribution in [0, 0.1) is 12.7 Å². The zero-order chi connectivity index (χ0) is 15.0. The summed E-state index contributed by atoms with van der Waals surface area (Å²) < 4.78 is 15.1. The summed E-state index contributed by atoms with van der Waals surface area (Å²) >= 11 is 6.32. The van der Waals surface area contributed by atoms with Crippen molar-refractivity contribution in [2.24, 2.45) is 5.73 Å². The third kappa shape index (κ3) is 2.86. The van der Waals surface area contributed by atoms with Gasteiger partial charge in [-0.3, -0.25) is 0 Å². The number of anilines is 2. The van der Waals surface area contributed by atoms with Gasteiger partial charge in [-0.05, 0) is 42.8 Å². The van der Waals surface area contributed by atoms with Crippen molar-refractivity contribution in [2.75, 3.05) is 5.32 Å². The van der Waals surface area contributed by atoms with Crippen molar-refractivity contribution in [3.8, 4) is 0 Å². The highest BCUT2D eigenvalue weighted by Gasteiger charge is 2.09. The minimum atomic E-state index is -0.407. The van der Waals surface area contributed by atoms with Gasteiger partial charge in [-0.2, -0.15) is 0 Å². The molecule has 0 radical (unpaired) electrons. The van der Waals surface area contributed by atoms with E-state index in [1.54, 1.807) is 12.1 Å². The van der Waals surface area contributed by atoms with Gasteiger partial charge in [0, 0.05) is 5.56 Å². The van der Waals surface area contributed by atoms with Gasteiger partial charge in [0.15, 0.2) is 5.13 Å². The topological polar surface area (TPSA) is 50.9 Å². The summed E-state index contributed by atoms with van der Waals surface area (Å²) in [4.78, 5) is 4.61. The molecule has 0 bridgehead atoms. The normalized spacial score (nSPS) is 10.8. The molecule has 1 aromatic heterocycles. The maximum absolute atomic E-state index is 14.0. The third-order valence-corrected chi connectivity index (χ3v) is 4.21. The van der Waals surface area contributed by atoms with Crippen molar-refractivity contribution in [1.29, 1.82) is 0 Å². The summed E-state index contributed by atoms with van der Waals surface area (Å²) in [5.74, 6) is -0.407. The van der Waals surface area contributed by atoms with Gasteiger partial charge in [-0.15, -0.1) is 0 Å². The first-order chi connectivity index (χ1) is 10.0. The number of hydrogen-bond acceptors (Lipinski definition) is 4. The van der Waals surface area contributed by atoms with Gasteiger partial charge in [-0.1, -0.05) is 29.6 Å². The Morgan fingerprint density at radius 1 is 1.29 bits per heavy atom. The number of halogens is 1. The van der Waals surface area contributed by atoms with Crippen LogP contribution >= 0.6 is 23.6 Å². The number of thiocarbonyl (C=S) groups is 1. The Hall–Kier alpha value is -2.05. The Bertz CT molecular complexity index is 842. The van der Waals surface area contributed by atoms with Crippen LogP contribution in [0.25, 0.3) is 10.2 Å². The summed E-state index contributed by atoms with van der Waals surface area (Å²) in [6.07, 6.45) is 0. The quantitative estimate of drug-likeness (QED) is 0.713. The molecule has 0 fully saturated rings. The van der Waals surface area contributed by atoms with E-state index in [9.17, 15) is 4.39 Å². The lowest BCUT2D eigenvalue weighted by Gasteiger charge is -2.05. The van der Waals surface area contributed by atoms with Crippen molar-refractivity contribution < 1.29 is 4.39 Å². The predicted octanol–water partition coefficient (Wildman–Crippen LogP) is 4.12. The van der Waals surface area contributed by atoms with Crippen molar-refractivity contribution in [2.45, 2.75) is 6.92 Å². The van der Waals surface area contributed by atoms with Gasteiger partial charge in [0.25, 0.3) is 0 Å². The molecule has 3 N–H and O–H groups in total. The molecular weight excluding hydrogens is 305 g/mol. The van der Waals surface area contributed by atoms with Crippen LogP contribution in [0.4, 0.5) is 15.2 Å². The summed E-state index contributed by atoms with van der Waals surface area (Å²) in [6, 6.07) is 10.6. The Kier molecular flexibility index (Phi) is 3.57. The van der Waals surface area contributed by atoms with Gasteiger partial charge in [0.2, 0.25) is 0 Å². The minimum absolute atomic E-state index is 0.177. The lowest BCUT2D eigenvalue weighted by atomic mass is 10.2. The second kappa shape index (κ2) is 5.38. The van der Waals surface area contributed by atoms with E-state index < -0.39 is 5.82 Å². The van der Waals surface area contributed by atoms with Gasteiger partial charge in [0.05, 0.1) is 15.9 Å². The largest absolute Gasteiger partial charge is 0.389 e. The molecule has 0 aliphatic carbocycles. The number of nitrogens with one attached hydrogen (secondary N) is 1. The van der Waals surface area contributed by atoms with Crippen molar-refractivity contribution in [3.05, 3.63) is 53.3 Å². The number of benzene rings is 2. The lowest BCUT2D eigenvalue weighted by molar-refractivity contribution is 0.631. The Balaban J connectivity index is 1.93. The molecule has 0 aliphatic rings. The molecule has 3 rings (SSSR count). The second-order valence-electron chi connectivity index (χ2n) is 4.67. The number of thiazole rings is 1.